The van der Waals surface area contributed by atoms with Crippen LogP contribution in [0.2, 0.25) is 0 Å². The highest BCUT2D eigenvalue weighted by atomic mass is 16.7. The van der Waals surface area contributed by atoms with E-state index in [9.17, 15) is 19.2 Å². The summed E-state index contributed by atoms with van der Waals surface area (Å²) in [6.45, 7) is 4.99. The van der Waals surface area contributed by atoms with Crippen LogP contribution < -0.4 is 20.1 Å². The Kier molecular flexibility index (Phi) is 11.7. The number of nitrogens with one attached hydrogen (secondary N) is 4. The van der Waals surface area contributed by atoms with Crippen LogP contribution in [0.25, 0.3) is 44.4 Å². The van der Waals surface area contributed by atoms with E-state index in [1.807, 2.05) is 24.9 Å². The van der Waals surface area contributed by atoms with Gasteiger partial charge in [0.15, 0.2) is 11.5 Å². The maximum absolute atomic E-state index is 14.1. The van der Waals surface area contributed by atoms with Gasteiger partial charge < -0.3 is 49.3 Å². The van der Waals surface area contributed by atoms with E-state index in [4.69, 9.17) is 28.9 Å². The average molecular weight is 867 g/mol. The standard InChI is InChI=1S/C48H50N8O8/c1-27(2)41(53-47(59)61-3)45(57)55-19-5-7-37(55)44-50-25-36(52-44)33-16-15-31-21-30(13-14-32(31)22-33)28-9-11-29(12-10-28)35-24-49-43(51-35)38-8-6-20-56(38)46(58)42(54-48(60)62-4)34-17-18-39-40(23-34)64-26-63-39/h9-18,21-25,27,37-38,41-42H,5-8,19-20,26H2,1-4H3,(H,49,51)(H,50,52)(H,53,59)(H,54,60)/t37-,38-,41-,42-/m0/s1. The lowest BCUT2D eigenvalue weighted by Crippen LogP contribution is -2.51. The van der Waals surface area contributed by atoms with Crippen molar-refractivity contribution in [1.82, 2.24) is 40.4 Å². The number of H-pyrrole nitrogens is 2. The van der Waals surface area contributed by atoms with Crippen LogP contribution in [0.3, 0.4) is 0 Å². The molecule has 9 rings (SSSR count). The van der Waals surface area contributed by atoms with E-state index in [0.717, 1.165) is 75.9 Å². The number of rotatable bonds is 11. The van der Waals surface area contributed by atoms with E-state index >= 15 is 0 Å². The summed E-state index contributed by atoms with van der Waals surface area (Å²) in [5.74, 6) is 1.96. The zero-order valence-electron chi connectivity index (χ0n) is 36.1. The number of carbonyl (C=O) groups excluding carboxylic acids is 4. The third kappa shape index (κ3) is 8.30. The second-order valence-electron chi connectivity index (χ2n) is 16.6. The molecular weight excluding hydrogens is 817 g/mol. The Hall–Kier alpha value is -7.36. The number of amides is 4. The van der Waals surface area contributed by atoms with Gasteiger partial charge >= 0.3 is 12.2 Å². The smallest absolute Gasteiger partial charge is 0.407 e. The molecule has 330 valence electrons. The predicted octanol–water partition coefficient (Wildman–Crippen LogP) is 7.82. The molecule has 16 heteroatoms. The van der Waals surface area contributed by atoms with Gasteiger partial charge in [0.1, 0.15) is 23.7 Å². The van der Waals surface area contributed by atoms with Crippen molar-refractivity contribution < 1.29 is 38.1 Å². The fourth-order valence-corrected chi connectivity index (χ4v) is 8.97. The van der Waals surface area contributed by atoms with Crippen LogP contribution in [0.4, 0.5) is 9.59 Å². The number of alkyl carbamates (subject to hydrolysis) is 2. The first-order valence-electron chi connectivity index (χ1n) is 21.5. The molecule has 2 saturated heterocycles. The first-order chi connectivity index (χ1) is 31.1. The molecule has 4 aromatic carbocycles. The van der Waals surface area contributed by atoms with Crippen molar-refractivity contribution >= 4 is 34.8 Å². The first-order valence-corrected chi connectivity index (χ1v) is 21.5. The van der Waals surface area contributed by atoms with Crippen LogP contribution in [0.5, 0.6) is 11.5 Å². The number of aromatic nitrogens is 4. The molecule has 5 heterocycles. The van der Waals surface area contributed by atoms with Crippen LogP contribution >= 0.6 is 0 Å². The zero-order chi connectivity index (χ0) is 44.5. The highest BCUT2D eigenvalue weighted by Gasteiger charge is 2.39. The van der Waals surface area contributed by atoms with Gasteiger partial charge in [0.25, 0.3) is 5.91 Å². The third-order valence-corrected chi connectivity index (χ3v) is 12.4. The van der Waals surface area contributed by atoms with Crippen molar-refractivity contribution in [1.29, 1.82) is 0 Å². The summed E-state index contributed by atoms with van der Waals surface area (Å²) in [5.41, 5.74) is 6.32. The van der Waals surface area contributed by atoms with Crippen molar-refractivity contribution in [2.45, 2.75) is 63.7 Å². The number of methoxy groups -OCH3 is 2. The van der Waals surface area contributed by atoms with Crippen molar-refractivity contribution in [2.24, 2.45) is 5.92 Å². The van der Waals surface area contributed by atoms with Crippen LogP contribution in [-0.4, -0.2) is 93.9 Å². The SMILES string of the molecule is COC(=O)N[C@H](C(=O)N1CCC[C@H]1c1ncc(-c2ccc(-c3ccc4cc(-c5cnc([C@@H]6CCCN6C(=O)[C@@H](NC(=O)OC)C(C)C)[nH]5)ccc4c3)cc2)[nH]1)c1ccc2c(c1)OCO2. The van der Waals surface area contributed by atoms with Gasteiger partial charge in [-0.1, -0.05) is 68.4 Å². The summed E-state index contributed by atoms with van der Waals surface area (Å²) in [5, 5.41) is 7.58. The minimum atomic E-state index is -0.997. The lowest BCUT2D eigenvalue weighted by atomic mass is 9.98. The highest BCUT2D eigenvalue weighted by molar-refractivity contribution is 5.91. The van der Waals surface area contributed by atoms with E-state index in [2.05, 4.69) is 81.3 Å². The molecule has 64 heavy (non-hydrogen) atoms. The summed E-state index contributed by atoms with van der Waals surface area (Å²) in [6.07, 6.45) is 5.38. The molecule has 4 atom stereocenters. The summed E-state index contributed by atoms with van der Waals surface area (Å²) < 4.78 is 20.6. The van der Waals surface area contributed by atoms with Crippen LogP contribution in [0, 0.1) is 5.92 Å². The summed E-state index contributed by atoms with van der Waals surface area (Å²) in [4.78, 5) is 72.1. The summed E-state index contributed by atoms with van der Waals surface area (Å²) >= 11 is 0. The quantitative estimate of drug-likeness (QED) is 0.0998. The van der Waals surface area contributed by atoms with Crippen LogP contribution in [0.1, 0.15) is 74.9 Å². The molecule has 3 aliphatic rings. The van der Waals surface area contributed by atoms with E-state index < -0.39 is 24.3 Å². The zero-order valence-corrected chi connectivity index (χ0v) is 36.1. The first kappa shape index (κ1) is 42.0. The largest absolute Gasteiger partial charge is 0.454 e. The number of likely N-dealkylation sites (tertiary alicyclic amines) is 2. The highest BCUT2D eigenvalue weighted by Crippen LogP contribution is 2.39. The van der Waals surface area contributed by atoms with E-state index in [0.29, 0.717) is 36.0 Å². The number of aromatic amines is 2. The predicted molar refractivity (Wildman–Crippen MR) is 237 cm³/mol. The molecule has 4 amide bonds. The number of carbonyl (C=O) groups is 4. The number of benzene rings is 4. The number of hydrogen-bond donors (Lipinski definition) is 4. The third-order valence-electron chi connectivity index (χ3n) is 12.4. The number of ether oxygens (including phenoxy) is 4. The van der Waals surface area contributed by atoms with E-state index in [1.165, 1.54) is 14.2 Å². The molecule has 16 nitrogen and oxygen atoms in total. The molecule has 0 bridgehead atoms. The van der Waals surface area contributed by atoms with E-state index in [1.54, 1.807) is 29.3 Å². The number of fused-ring (bicyclic) bond motifs is 2. The van der Waals surface area contributed by atoms with Gasteiger partial charge in [0, 0.05) is 18.7 Å². The Morgan fingerprint density at radius 3 is 1.84 bits per heavy atom. The normalized spacial score (nSPS) is 17.7. The molecule has 0 aliphatic carbocycles. The van der Waals surface area contributed by atoms with Crippen molar-refractivity contribution in [3.8, 4) is 45.1 Å². The fraction of sp³-hybridized carbons (Fsp3) is 0.333. The molecule has 0 spiro atoms. The van der Waals surface area contributed by atoms with E-state index in [-0.39, 0.29) is 36.6 Å². The number of nitrogens with zero attached hydrogens (tertiary/aromatic N) is 4. The van der Waals surface area contributed by atoms with Gasteiger partial charge in [-0.05, 0) is 88.9 Å². The lowest BCUT2D eigenvalue weighted by molar-refractivity contribution is -0.135. The lowest BCUT2D eigenvalue weighted by Gasteiger charge is -2.30. The molecule has 3 aliphatic heterocycles. The Morgan fingerprint density at radius 1 is 0.656 bits per heavy atom. The molecule has 0 radical (unpaired) electrons. The van der Waals surface area contributed by atoms with Crippen molar-refractivity contribution in [2.75, 3.05) is 34.1 Å². The van der Waals surface area contributed by atoms with Crippen molar-refractivity contribution in [3.63, 3.8) is 0 Å². The summed E-state index contributed by atoms with van der Waals surface area (Å²) in [6, 6.07) is 24.0. The van der Waals surface area contributed by atoms with Crippen LogP contribution in [-0.2, 0) is 19.1 Å². The maximum Gasteiger partial charge on any atom is 0.407 e. The second kappa shape index (κ2) is 17.8. The van der Waals surface area contributed by atoms with Crippen LogP contribution in [0.15, 0.2) is 91.3 Å². The number of hydrogen-bond acceptors (Lipinski definition) is 10. The maximum atomic E-state index is 14.1. The van der Waals surface area contributed by atoms with Gasteiger partial charge in [-0.25, -0.2) is 19.6 Å². The van der Waals surface area contributed by atoms with Gasteiger partial charge in [0.05, 0.1) is 50.1 Å². The molecule has 0 saturated carbocycles. The monoisotopic (exact) mass is 866 g/mol. The van der Waals surface area contributed by atoms with Gasteiger partial charge in [-0.3, -0.25) is 9.59 Å². The molecule has 2 fully saturated rings. The van der Waals surface area contributed by atoms with Gasteiger partial charge in [0.2, 0.25) is 12.7 Å². The summed E-state index contributed by atoms with van der Waals surface area (Å²) in [7, 11) is 2.55. The minimum Gasteiger partial charge on any atom is -0.454 e. The van der Waals surface area contributed by atoms with Crippen molar-refractivity contribution in [3.05, 3.63) is 108 Å². The van der Waals surface area contributed by atoms with Gasteiger partial charge in [-0.2, -0.15) is 0 Å². The Morgan fingerprint density at radius 2 is 1.20 bits per heavy atom. The minimum absolute atomic E-state index is 0.0923. The Balaban J connectivity index is 0.872. The molecule has 6 aromatic rings. The number of imidazole rings is 2. The Labute approximate surface area is 369 Å². The average Bonchev–Trinajstić information content (AvgIpc) is 4.18. The fourth-order valence-electron chi connectivity index (χ4n) is 8.97. The second-order valence-corrected chi connectivity index (χ2v) is 16.6. The molecule has 2 aromatic heterocycles. The molecule has 0 unspecified atom stereocenters. The molecule has 4 N–H and O–H groups in total. The van der Waals surface area contributed by atoms with Gasteiger partial charge in [-0.15, -0.1) is 0 Å². The topological polar surface area (TPSA) is 193 Å². The Bertz CT molecular complexity index is 2710. The molecular formula is C48H50N8O8.